The maximum Gasteiger partial charge on any atom is 0.271 e. The molecule has 0 N–H and O–H groups in total. The van der Waals surface area contributed by atoms with Crippen LogP contribution in [0.2, 0.25) is 0 Å². The first kappa shape index (κ1) is 26.0. The molecule has 1 aliphatic rings. The molecule has 2 aromatic carbocycles. The second-order valence-corrected chi connectivity index (χ2v) is 9.91. The van der Waals surface area contributed by atoms with Crippen molar-refractivity contribution in [1.29, 1.82) is 5.26 Å². The monoisotopic (exact) mass is 524 g/mol. The molecular formula is C30H26F2N6O. The molecule has 39 heavy (non-hydrogen) atoms. The summed E-state index contributed by atoms with van der Waals surface area (Å²) in [5.74, 6) is -1.11. The molecule has 0 radical (unpaired) electrons. The summed E-state index contributed by atoms with van der Waals surface area (Å²) >= 11 is 0. The SMILES string of the molecule is [C-]#[N+]c1ccc2c(n1)c(N1C[C@@H](C)N(C(c3ccccc3)c3cc(F)cc(F)c3)C[C@@H]1C)c(C#N)c(=O)n2C. The lowest BCUT2D eigenvalue weighted by Gasteiger charge is -2.48. The Hall–Kier alpha value is -4.60. The number of pyridine rings is 2. The zero-order chi connectivity index (χ0) is 27.8. The Kier molecular flexibility index (Phi) is 6.86. The van der Waals surface area contributed by atoms with Crippen LogP contribution in [0.5, 0.6) is 0 Å². The van der Waals surface area contributed by atoms with E-state index in [0.29, 0.717) is 35.4 Å². The van der Waals surface area contributed by atoms with Gasteiger partial charge < -0.3 is 14.3 Å². The average molecular weight is 525 g/mol. The molecule has 0 amide bonds. The quantitative estimate of drug-likeness (QED) is 0.338. The van der Waals surface area contributed by atoms with Crippen LogP contribution in [-0.2, 0) is 7.05 Å². The highest BCUT2D eigenvalue weighted by Crippen LogP contribution is 2.37. The molecular weight excluding hydrogens is 498 g/mol. The first-order valence-corrected chi connectivity index (χ1v) is 12.6. The molecule has 7 nitrogen and oxygen atoms in total. The Morgan fingerprint density at radius 1 is 1.03 bits per heavy atom. The summed E-state index contributed by atoms with van der Waals surface area (Å²) in [6.07, 6.45) is 0. The fraction of sp³-hybridized carbons (Fsp3) is 0.267. The van der Waals surface area contributed by atoms with Crippen LogP contribution in [0.15, 0.2) is 65.5 Å². The van der Waals surface area contributed by atoms with Crippen LogP contribution in [0.1, 0.15) is 36.6 Å². The number of nitriles is 1. The van der Waals surface area contributed by atoms with Crippen molar-refractivity contribution >= 4 is 22.5 Å². The highest BCUT2D eigenvalue weighted by molar-refractivity contribution is 5.93. The highest BCUT2D eigenvalue weighted by atomic mass is 19.1. The second-order valence-electron chi connectivity index (χ2n) is 9.91. The summed E-state index contributed by atoms with van der Waals surface area (Å²) in [6.45, 7) is 12.3. The molecule has 3 atom stereocenters. The molecule has 1 fully saturated rings. The summed E-state index contributed by atoms with van der Waals surface area (Å²) in [5, 5.41) is 10.0. The van der Waals surface area contributed by atoms with Gasteiger partial charge in [0.25, 0.3) is 11.4 Å². The van der Waals surface area contributed by atoms with Gasteiger partial charge in [0.05, 0.1) is 11.6 Å². The van der Waals surface area contributed by atoms with Crippen LogP contribution in [-0.4, -0.2) is 39.6 Å². The van der Waals surface area contributed by atoms with Crippen LogP contribution < -0.4 is 10.5 Å². The van der Waals surface area contributed by atoms with Crippen molar-refractivity contribution in [2.24, 2.45) is 7.05 Å². The Balaban J connectivity index is 1.62. The summed E-state index contributed by atoms with van der Waals surface area (Å²) in [4.78, 5) is 25.3. The fourth-order valence-electron chi connectivity index (χ4n) is 5.59. The van der Waals surface area contributed by atoms with Crippen LogP contribution in [0.3, 0.4) is 0 Å². The topological polar surface area (TPSA) is 69.5 Å². The lowest BCUT2D eigenvalue weighted by Crippen LogP contribution is -2.58. The van der Waals surface area contributed by atoms with Gasteiger partial charge in [0.1, 0.15) is 29.0 Å². The number of rotatable bonds is 4. The maximum absolute atomic E-state index is 14.3. The lowest BCUT2D eigenvalue weighted by atomic mass is 9.93. The fourth-order valence-corrected chi connectivity index (χ4v) is 5.59. The van der Waals surface area contributed by atoms with E-state index in [2.05, 4.69) is 20.8 Å². The van der Waals surface area contributed by atoms with E-state index in [1.54, 1.807) is 19.2 Å². The van der Waals surface area contributed by atoms with Gasteiger partial charge >= 0.3 is 0 Å². The van der Waals surface area contributed by atoms with Gasteiger partial charge in [0.15, 0.2) is 0 Å². The van der Waals surface area contributed by atoms with Crippen LogP contribution >= 0.6 is 0 Å². The molecule has 1 aliphatic heterocycles. The molecule has 5 rings (SSSR count). The van der Waals surface area contributed by atoms with Crippen molar-refractivity contribution in [3.05, 3.63) is 111 Å². The third kappa shape index (κ3) is 4.62. The van der Waals surface area contributed by atoms with Crippen LogP contribution in [0, 0.1) is 29.5 Å². The zero-order valence-electron chi connectivity index (χ0n) is 21.8. The maximum atomic E-state index is 14.3. The second kappa shape index (κ2) is 10.3. The van der Waals surface area contributed by atoms with Gasteiger partial charge in [0.2, 0.25) is 5.52 Å². The Morgan fingerprint density at radius 3 is 2.36 bits per heavy atom. The molecule has 9 heteroatoms. The average Bonchev–Trinajstić information content (AvgIpc) is 2.92. The summed E-state index contributed by atoms with van der Waals surface area (Å²) in [5.41, 5.74) is 2.30. The first-order valence-electron chi connectivity index (χ1n) is 12.6. The van der Waals surface area contributed by atoms with E-state index in [1.165, 1.54) is 16.7 Å². The third-order valence-electron chi connectivity index (χ3n) is 7.40. The van der Waals surface area contributed by atoms with E-state index in [9.17, 15) is 18.8 Å². The molecule has 1 unspecified atom stereocenters. The number of aromatic nitrogens is 2. The van der Waals surface area contributed by atoms with E-state index in [-0.39, 0.29) is 23.5 Å². The van der Waals surface area contributed by atoms with Crippen molar-refractivity contribution in [2.45, 2.75) is 32.0 Å². The molecule has 0 bridgehead atoms. The zero-order valence-corrected chi connectivity index (χ0v) is 21.8. The van der Waals surface area contributed by atoms with E-state index in [4.69, 9.17) is 6.57 Å². The van der Waals surface area contributed by atoms with Crippen molar-refractivity contribution in [3.63, 3.8) is 0 Å². The highest BCUT2D eigenvalue weighted by Gasteiger charge is 2.38. The van der Waals surface area contributed by atoms with Gasteiger partial charge in [-0.15, -0.1) is 4.98 Å². The minimum atomic E-state index is -0.641. The smallest absolute Gasteiger partial charge is 0.271 e. The number of hydrogen-bond acceptors (Lipinski definition) is 5. The summed E-state index contributed by atoms with van der Waals surface area (Å²) in [6, 6.07) is 17.7. The number of piperazine rings is 1. The van der Waals surface area contributed by atoms with Crippen LogP contribution in [0.4, 0.5) is 20.3 Å². The number of aryl methyl sites for hydroxylation is 1. The van der Waals surface area contributed by atoms with Gasteiger partial charge in [-0.2, -0.15) is 5.26 Å². The Bertz CT molecular complexity index is 1690. The van der Waals surface area contributed by atoms with E-state index in [1.807, 2.05) is 49.1 Å². The first-order chi connectivity index (χ1) is 18.7. The van der Waals surface area contributed by atoms with E-state index >= 15 is 0 Å². The molecule has 3 heterocycles. The number of benzene rings is 2. The number of hydrogen-bond donors (Lipinski definition) is 0. The van der Waals surface area contributed by atoms with Gasteiger partial charge in [-0.3, -0.25) is 9.69 Å². The Morgan fingerprint density at radius 2 is 1.72 bits per heavy atom. The largest absolute Gasteiger partial charge is 0.361 e. The van der Waals surface area contributed by atoms with Gasteiger partial charge in [-0.25, -0.2) is 8.78 Å². The van der Waals surface area contributed by atoms with Crippen molar-refractivity contribution in [1.82, 2.24) is 14.5 Å². The molecule has 2 aromatic heterocycles. The minimum Gasteiger partial charge on any atom is -0.361 e. The normalized spacial score (nSPS) is 18.5. The molecule has 0 spiro atoms. The van der Waals surface area contributed by atoms with Crippen LogP contribution in [0.25, 0.3) is 15.9 Å². The third-order valence-corrected chi connectivity index (χ3v) is 7.40. The number of fused-ring (bicyclic) bond motifs is 1. The van der Waals surface area contributed by atoms with E-state index in [0.717, 1.165) is 11.6 Å². The van der Waals surface area contributed by atoms with Crippen molar-refractivity contribution in [3.8, 4) is 6.07 Å². The Labute approximate surface area is 225 Å². The van der Waals surface area contributed by atoms with Crippen molar-refractivity contribution < 1.29 is 8.78 Å². The van der Waals surface area contributed by atoms with Gasteiger partial charge in [-0.05, 0) is 49.2 Å². The molecule has 196 valence electrons. The standard InChI is InChI=1S/C30H26F2N6O/c1-18-17-38(29-24(15-33)30(39)36(4)25-10-11-26(34-3)35-27(25)29)19(2)16-37(18)28(20-8-6-5-7-9-20)21-12-22(31)14-23(32)13-21/h5-14,18-19,28H,16-17H2,1-2,4H3/t18-,19+,28?/m1/s1. The number of anilines is 1. The summed E-state index contributed by atoms with van der Waals surface area (Å²) < 4.78 is 30.1. The van der Waals surface area contributed by atoms with Gasteiger partial charge in [0, 0.05) is 38.3 Å². The molecule has 0 aliphatic carbocycles. The molecule has 0 saturated carbocycles. The minimum absolute atomic E-state index is 0.0288. The lowest BCUT2D eigenvalue weighted by molar-refractivity contribution is 0.129. The summed E-state index contributed by atoms with van der Waals surface area (Å²) in [7, 11) is 1.58. The van der Waals surface area contributed by atoms with Crippen molar-refractivity contribution in [2.75, 3.05) is 18.0 Å². The van der Waals surface area contributed by atoms with E-state index < -0.39 is 23.2 Å². The molecule has 1 saturated heterocycles. The molecule has 4 aromatic rings. The number of nitrogens with zero attached hydrogens (tertiary/aromatic N) is 6. The van der Waals surface area contributed by atoms with Gasteiger partial charge in [-0.1, -0.05) is 36.9 Å². The predicted octanol–water partition coefficient (Wildman–Crippen LogP) is 5.32. The number of halogens is 2. The predicted molar refractivity (Wildman–Crippen MR) is 146 cm³/mol.